The number of amides is 2. The monoisotopic (exact) mass is 542 g/mol. The Morgan fingerprint density at radius 2 is 1.68 bits per heavy atom. The van der Waals surface area contributed by atoms with Gasteiger partial charge in [0, 0.05) is 48.7 Å². The third kappa shape index (κ3) is 5.62. The molecular formula is C27H25ClF2N4O4. The van der Waals surface area contributed by atoms with Gasteiger partial charge in [0.15, 0.2) is 5.67 Å². The number of carbonyl (C=O) groups excluding carboxylic acids is 2. The predicted molar refractivity (Wildman–Crippen MR) is 139 cm³/mol. The number of carbonyl (C=O) groups is 2. The number of pyridine rings is 1. The van der Waals surface area contributed by atoms with Crippen molar-refractivity contribution in [2.24, 2.45) is 11.8 Å². The van der Waals surface area contributed by atoms with Gasteiger partial charge in [-0.3, -0.25) is 23.9 Å². The van der Waals surface area contributed by atoms with Gasteiger partial charge in [0.25, 0.3) is 5.56 Å². The Morgan fingerprint density at radius 3 is 2.29 bits per heavy atom. The summed E-state index contributed by atoms with van der Waals surface area (Å²) in [6.45, 7) is 0.224. The lowest BCUT2D eigenvalue weighted by molar-refractivity contribution is -0.140. The maximum absolute atomic E-state index is 14.9. The van der Waals surface area contributed by atoms with E-state index in [1.54, 1.807) is 41.3 Å². The first-order chi connectivity index (χ1) is 18.2. The average Bonchev–Trinajstić information content (AvgIpc) is 3.30. The second-order valence-electron chi connectivity index (χ2n) is 9.61. The predicted octanol–water partition coefficient (Wildman–Crippen LogP) is 3.49. The lowest BCUT2D eigenvalue weighted by Crippen LogP contribution is -2.53. The summed E-state index contributed by atoms with van der Waals surface area (Å²) < 4.78 is 36.0. The fraction of sp³-hybridized carbons (Fsp3) is 0.296. The molecule has 0 bridgehead atoms. The minimum Gasteiger partial charge on any atom is -0.375 e. The number of hydrogen-bond acceptors (Lipinski definition) is 5. The van der Waals surface area contributed by atoms with Crippen molar-refractivity contribution < 1.29 is 23.1 Å². The van der Waals surface area contributed by atoms with Gasteiger partial charge in [-0.2, -0.15) is 0 Å². The highest BCUT2D eigenvalue weighted by Crippen LogP contribution is 2.31. The number of aromatic nitrogens is 1. The number of ether oxygens (including phenoxy) is 1. The zero-order valence-electron chi connectivity index (χ0n) is 20.2. The van der Waals surface area contributed by atoms with Crippen molar-refractivity contribution in [3.63, 3.8) is 0 Å². The second-order valence-corrected chi connectivity index (χ2v) is 10.0. The van der Waals surface area contributed by atoms with Crippen molar-refractivity contribution in [3.8, 4) is 5.69 Å². The SMILES string of the molecule is O=C(Nc1ccc(Cl)cc1)[C@H]1CN(CC2(F)COC2)C[C@@H]1C(=O)Nc1ccc(-n2ccccc2=O)cc1F. The summed E-state index contributed by atoms with van der Waals surface area (Å²) in [6.07, 6.45) is 1.51. The van der Waals surface area contributed by atoms with Gasteiger partial charge in [-0.15, -0.1) is 0 Å². The molecule has 38 heavy (non-hydrogen) atoms. The van der Waals surface area contributed by atoms with E-state index in [4.69, 9.17) is 16.3 Å². The fourth-order valence-corrected chi connectivity index (χ4v) is 4.88. The molecule has 2 atom stereocenters. The number of nitrogens with zero attached hydrogens (tertiary/aromatic N) is 2. The molecule has 3 aromatic rings. The van der Waals surface area contributed by atoms with Gasteiger partial charge in [0.05, 0.1) is 36.4 Å². The van der Waals surface area contributed by atoms with E-state index in [-0.39, 0.29) is 44.1 Å². The smallest absolute Gasteiger partial charge is 0.255 e. The summed E-state index contributed by atoms with van der Waals surface area (Å²) in [6, 6.07) is 15.1. The van der Waals surface area contributed by atoms with E-state index in [0.717, 1.165) is 6.07 Å². The summed E-state index contributed by atoms with van der Waals surface area (Å²) in [5.41, 5.74) is -1.14. The number of nitrogens with one attached hydrogen (secondary N) is 2. The molecule has 2 fully saturated rings. The summed E-state index contributed by atoms with van der Waals surface area (Å²) in [5, 5.41) is 5.86. The molecule has 2 amide bonds. The summed E-state index contributed by atoms with van der Waals surface area (Å²) in [4.78, 5) is 40.3. The number of anilines is 2. The van der Waals surface area contributed by atoms with E-state index >= 15 is 0 Å². The van der Waals surface area contributed by atoms with Crippen molar-refractivity contribution in [1.82, 2.24) is 9.47 Å². The number of hydrogen-bond donors (Lipinski definition) is 2. The largest absolute Gasteiger partial charge is 0.375 e. The highest BCUT2D eigenvalue weighted by Gasteiger charge is 2.47. The summed E-state index contributed by atoms with van der Waals surface area (Å²) in [5.74, 6) is -3.38. The number of halogens is 3. The van der Waals surface area contributed by atoms with Crippen LogP contribution in [0.2, 0.25) is 5.02 Å². The second kappa shape index (κ2) is 10.6. The molecule has 8 nitrogen and oxygen atoms in total. The maximum Gasteiger partial charge on any atom is 0.255 e. The summed E-state index contributed by atoms with van der Waals surface area (Å²) >= 11 is 5.92. The van der Waals surface area contributed by atoms with Crippen molar-refractivity contribution >= 4 is 34.8 Å². The standard InChI is InChI=1S/C27H25ClF2N4O4/c28-17-4-6-18(7-5-17)31-25(36)20-12-33(14-27(30)15-38-16-27)13-21(20)26(37)32-23-9-8-19(11-22(23)29)34-10-2-1-3-24(34)35/h1-11,20-21H,12-16H2,(H,31,36)(H,32,37)/t20-,21-/m0/s1. The minimum atomic E-state index is -1.53. The molecule has 2 aliphatic heterocycles. The lowest BCUT2D eigenvalue weighted by atomic mass is 9.94. The van der Waals surface area contributed by atoms with Crippen LogP contribution in [-0.2, 0) is 14.3 Å². The molecule has 198 valence electrons. The van der Waals surface area contributed by atoms with Crippen LogP contribution in [0.5, 0.6) is 0 Å². The van der Waals surface area contributed by atoms with Gasteiger partial charge in [0.2, 0.25) is 11.8 Å². The van der Waals surface area contributed by atoms with E-state index < -0.39 is 35.1 Å². The Kier molecular flexibility index (Phi) is 7.29. The van der Waals surface area contributed by atoms with E-state index in [2.05, 4.69) is 10.6 Å². The molecule has 0 radical (unpaired) electrons. The van der Waals surface area contributed by atoms with Crippen LogP contribution in [0.1, 0.15) is 0 Å². The van der Waals surface area contributed by atoms with Crippen LogP contribution >= 0.6 is 11.6 Å². The van der Waals surface area contributed by atoms with Crippen molar-refractivity contribution in [1.29, 1.82) is 0 Å². The zero-order valence-corrected chi connectivity index (χ0v) is 21.0. The first-order valence-electron chi connectivity index (χ1n) is 12.0. The van der Waals surface area contributed by atoms with Crippen LogP contribution in [0.25, 0.3) is 5.69 Å². The first kappa shape index (κ1) is 26.0. The number of likely N-dealkylation sites (tertiary alicyclic amines) is 1. The molecule has 0 unspecified atom stereocenters. The number of benzene rings is 2. The normalized spacial score (nSPS) is 20.5. The van der Waals surface area contributed by atoms with Gasteiger partial charge < -0.3 is 15.4 Å². The van der Waals surface area contributed by atoms with Gasteiger partial charge in [0.1, 0.15) is 5.82 Å². The van der Waals surface area contributed by atoms with Gasteiger partial charge >= 0.3 is 0 Å². The maximum atomic E-state index is 14.9. The number of rotatable bonds is 7. The Labute approximate surface area is 222 Å². The number of alkyl halides is 1. The van der Waals surface area contributed by atoms with Gasteiger partial charge in [-0.05, 0) is 42.5 Å². The van der Waals surface area contributed by atoms with Crippen LogP contribution < -0.4 is 16.2 Å². The quantitative estimate of drug-likeness (QED) is 0.477. The lowest BCUT2D eigenvalue weighted by Gasteiger charge is -2.36. The van der Waals surface area contributed by atoms with Gasteiger partial charge in [-0.1, -0.05) is 17.7 Å². The topological polar surface area (TPSA) is 92.7 Å². The highest BCUT2D eigenvalue weighted by molar-refractivity contribution is 6.30. The Morgan fingerprint density at radius 1 is 1.00 bits per heavy atom. The van der Waals surface area contributed by atoms with Crippen LogP contribution in [0.4, 0.5) is 20.2 Å². The van der Waals surface area contributed by atoms with Gasteiger partial charge in [-0.25, -0.2) is 8.78 Å². The molecule has 2 aliphatic rings. The van der Waals surface area contributed by atoms with E-state index in [9.17, 15) is 23.2 Å². The third-order valence-electron chi connectivity index (χ3n) is 6.72. The molecule has 3 heterocycles. The van der Waals surface area contributed by atoms with Crippen LogP contribution in [0.15, 0.2) is 71.7 Å². The molecule has 11 heteroatoms. The molecule has 5 rings (SSSR count). The average molecular weight is 543 g/mol. The van der Waals surface area contributed by atoms with Crippen LogP contribution in [0, 0.1) is 17.7 Å². The van der Waals surface area contributed by atoms with E-state index in [1.807, 2.05) is 0 Å². The highest BCUT2D eigenvalue weighted by atomic mass is 35.5. The molecule has 2 aromatic carbocycles. The van der Waals surface area contributed by atoms with E-state index in [0.29, 0.717) is 16.4 Å². The van der Waals surface area contributed by atoms with E-state index in [1.165, 1.54) is 29.0 Å². The zero-order chi connectivity index (χ0) is 26.9. The Bertz CT molecular complexity index is 1410. The Hall–Kier alpha value is -3.60. The molecule has 2 saturated heterocycles. The Balaban J connectivity index is 1.33. The van der Waals surface area contributed by atoms with Crippen LogP contribution in [0.3, 0.4) is 0 Å². The molecule has 0 spiro atoms. The third-order valence-corrected chi connectivity index (χ3v) is 6.97. The molecular weight excluding hydrogens is 518 g/mol. The molecule has 0 saturated carbocycles. The first-order valence-corrected chi connectivity index (χ1v) is 12.4. The summed E-state index contributed by atoms with van der Waals surface area (Å²) in [7, 11) is 0. The van der Waals surface area contributed by atoms with Crippen molar-refractivity contribution in [2.45, 2.75) is 5.67 Å². The minimum absolute atomic E-state index is 0.0242. The van der Waals surface area contributed by atoms with Crippen LogP contribution in [-0.4, -0.2) is 59.8 Å². The molecule has 2 N–H and O–H groups in total. The molecule has 1 aromatic heterocycles. The fourth-order valence-electron chi connectivity index (χ4n) is 4.75. The van der Waals surface area contributed by atoms with Crippen molar-refractivity contribution in [3.05, 3.63) is 88.1 Å². The van der Waals surface area contributed by atoms with Crippen molar-refractivity contribution in [2.75, 3.05) is 43.5 Å². The molecule has 0 aliphatic carbocycles.